The quantitative estimate of drug-likeness (QED) is 0.736. The molecule has 5 nitrogen and oxygen atoms in total. The zero-order chi connectivity index (χ0) is 17.7. The summed E-state index contributed by atoms with van der Waals surface area (Å²) in [4.78, 5) is 24.4. The van der Waals surface area contributed by atoms with Gasteiger partial charge >= 0.3 is 0 Å². The van der Waals surface area contributed by atoms with Crippen molar-refractivity contribution >= 4 is 23.2 Å². The van der Waals surface area contributed by atoms with Crippen LogP contribution in [0.4, 0.5) is 11.4 Å². The van der Waals surface area contributed by atoms with Crippen LogP contribution in [0.25, 0.3) is 0 Å². The molecule has 0 spiro atoms. The molecule has 2 aromatic carbocycles. The van der Waals surface area contributed by atoms with Gasteiger partial charge < -0.3 is 16.4 Å². The van der Waals surface area contributed by atoms with Gasteiger partial charge in [-0.25, -0.2) is 0 Å². The minimum absolute atomic E-state index is 0.132. The van der Waals surface area contributed by atoms with Crippen molar-refractivity contribution in [2.75, 3.05) is 11.1 Å². The number of hydrogen-bond acceptors (Lipinski definition) is 3. The fraction of sp³-hybridized carbons (Fsp3) is 0.263. The molecule has 0 unspecified atom stereocenters. The van der Waals surface area contributed by atoms with Gasteiger partial charge in [0.05, 0.1) is 5.56 Å². The fourth-order valence-corrected chi connectivity index (χ4v) is 2.08. The van der Waals surface area contributed by atoms with Crippen molar-refractivity contribution in [1.29, 1.82) is 0 Å². The van der Waals surface area contributed by atoms with E-state index in [2.05, 4.69) is 10.6 Å². The van der Waals surface area contributed by atoms with Crippen LogP contribution >= 0.6 is 0 Å². The molecular formula is C19H23N3O2. The molecule has 0 aliphatic heterocycles. The maximum absolute atomic E-state index is 12.2. The van der Waals surface area contributed by atoms with Gasteiger partial charge in [0.2, 0.25) is 0 Å². The molecule has 2 aromatic rings. The minimum Gasteiger partial charge on any atom is -0.398 e. The largest absolute Gasteiger partial charge is 0.398 e. The van der Waals surface area contributed by atoms with Gasteiger partial charge in [0, 0.05) is 22.5 Å². The van der Waals surface area contributed by atoms with Crippen LogP contribution in [0.3, 0.4) is 0 Å². The number of nitrogens with two attached hydrogens (primary N) is 1. The smallest absolute Gasteiger partial charge is 0.257 e. The van der Waals surface area contributed by atoms with E-state index < -0.39 is 0 Å². The van der Waals surface area contributed by atoms with Crippen molar-refractivity contribution < 1.29 is 9.59 Å². The predicted octanol–water partition coefficient (Wildman–Crippen LogP) is 3.44. The second-order valence-electron chi connectivity index (χ2n) is 6.31. The first-order chi connectivity index (χ1) is 11.3. The number of nitrogens with one attached hydrogen (secondary N) is 2. The van der Waals surface area contributed by atoms with Crippen LogP contribution in [0.1, 0.15) is 47.9 Å². The summed E-state index contributed by atoms with van der Waals surface area (Å²) < 4.78 is 0. The maximum atomic E-state index is 12.2. The summed E-state index contributed by atoms with van der Waals surface area (Å²) in [6.45, 7) is 5.97. The topological polar surface area (TPSA) is 84.2 Å². The van der Waals surface area contributed by atoms with E-state index >= 15 is 0 Å². The number of benzene rings is 2. The highest BCUT2D eigenvalue weighted by Gasteiger charge is 2.18. The molecule has 0 aliphatic rings. The van der Waals surface area contributed by atoms with Crippen molar-refractivity contribution in [3.63, 3.8) is 0 Å². The average molecular weight is 325 g/mol. The van der Waals surface area contributed by atoms with E-state index in [0.717, 1.165) is 6.42 Å². The standard InChI is InChI=1S/C19H23N3O2/c1-4-19(2,3)22-17(23)13-9-11-14(12-10-13)21-18(24)15-7-5-6-8-16(15)20/h5-12H,4,20H2,1-3H3,(H,21,24)(H,22,23). The molecule has 0 aromatic heterocycles. The number of amides is 2. The van der Waals surface area contributed by atoms with Gasteiger partial charge in [-0.2, -0.15) is 0 Å². The normalized spacial score (nSPS) is 11.0. The second-order valence-corrected chi connectivity index (χ2v) is 6.31. The van der Waals surface area contributed by atoms with Crippen molar-refractivity contribution in [3.05, 3.63) is 59.7 Å². The summed E-state index contributed by atoms with van der Waals surface area (Å²) >= 11 is 0. The third kappa shape index (κ3) is 4.35. The van der Waals surface area contributed by atoms with E-state index in [1.165, 1.54) is 0 Å². The Hall–Kier alpha value is -2.82. The van der Waals surface area contributed by atoms with Gasteiger partial charge in [-0.15, -0.1) is 0 Å². The second kappa shape index (κ2) is 7.17. The Morgan fingerprint density at radius 3 is 2.21 bits per heavy atom. The van der Waals surface area contributed by atoms with Crippen molar-refractivity contribution in [3.8, 4) is 0 Å². The number of anilines is 2. The molecule has 0 radical (unpaired) electrons. The number of carbonyl (C=O) groups excluding carboxylic acids is 2. The fourth-order valence-electron chi connectivity index (χ4n) is 2.08. The molecule has 2 amide bonds. The number of rotatable bonds is 5. The summed E-state index contributed by atoms with van der Waals surface area (Å²) in [7, 11) is 0. The van der Waals surface area contributed by atoms with Gasteiger partial charge in [0.15, 0.2) is 0 Å². The van der Waals surface area contributed by atoms with Crippen LogP contribution in [0.2, 0.25) is 0 Å². The van der Waals surface area contributed by atoms with Crippen LogP contribution < -0.4 is 16.4 Å². The number of hydrogen-bond donors (Lipinski definition) is 3. The molecule has 5 heteroatoms. The van der Waals surface area contributed by atoms with Crippen LogP contribution in [0.15, 0.2) is 48.5 Å². The Morgan fingerprint density at radius 1 is 1.00 bits per heavy atom. The molecule has 0 bridgehead atoms. The lowest BCUT2D eigenvalue weighted by atomic mass is 10.0. The summed E-state index contributed by atoms with van der Waals surface area (Å²) in [6.07, 6.45) is 0.839. The Balaban J connectivity index is 2.06. The third-order valence-electron chi connectivity index (χ3n) is 3.95. The molecular weight excluding hydrogens is 302 g/mol. The average Bonchev–Trinajstić information content (AvgIpc) is 2.55. The molecule has 126 valence electrons. The van der Waals surface area contributed by atoms with Crippen molar-refractivity contribution in [2.45, 2.75) is 32.7 Å². The molecule has 2 rings (SSSR count). The van der Waals surface area contributed by atoms with Gasteiger partial charge in [-0.05, 0) is 56.7 Å². The maximum Gasteiger partial charge on any atom is 0.257 e. The van der Waals surface area contributed by atoms with Crippen molar-refractivity contribution in [1.82, 2.24) is 5.32 Å². The van der Waals surface area contributed by atoms with E-state index in [-0.39, 0.29) is 17.4 Å². The zero-order valence-corrected chi connectivity index (χ0v) is 14.2. The lowest BCUT2D eigenvalue weighted by Crippen LogP contribution is -2.42. The van der Waals surface area contributed by atoms with Crippen LogP contribution in [0, 0.1) is 0 Å². The highest BCUT2D eigenvalue weighted by Crippen LogP contribution is 2.16. The Kier molecular flexibility index (Phi) is 5.24. The highest BCUT2D eigenvalue weighted by atomic mass is 16.2. The third-order valence-corrected chi connectivity index (χ3v) is 3.95. The molecule has 0 aliphatic carbocycles. The molecule has 0 heterocycles. The van der Waals surface area contributed by atoms with E-state index in [9.17, 15) is 9.59 Å². The van der Waals surface area contributed by atoms with Gasteiger partial charge in [0.1, 0.15) is 0 Å². The summed E-state index contributed by atoms with van der Waals surface area (Å²) in [6, 6.07) is 13.6. The monoisotopic (exact) mass is 325 g/mol. The van der Waals surface area contributed by atoms with E-state index in [4.69, 9.17) is 5.73 Å². The van der Waals surface area contributed by atoms with Crippen molar-refractivity contribution in [2.24, 2.45) is 0 Å². The molecule has 0 saturated carbocycles. The summed E-state index contributed by atoms with van der Waals surface area (Å²) in [5.74, 6) is -0.413. The summed E-state index contributed by atoms with van der Waals surface area (Å²) in [5.41, 5.74) is 7.54. The lowest BCUT2D eigenvalue weighted by Gasteiger charge is -2.24. The molecule has 0 fully saturated rings. The first-order valence-electron chi connectivity index (χ1n) is 7.91. The van der Waals surface area contributed by atoms with E-state index in [1.807, 2.05) is 20.8 Å². The van der Waals surface area contributed by atoms with Crippen LogP contribution in [-0.2, 0) is 0 Å². The van der Waals surface area contributed by atoms with E-state index in [0.29, 0.717) is 22.5 Å². The first kappa shape index (κ1) is 17.5. The summed E-state index contributed by atoms with van der Waals surface area (Å²) in [5, 5.41) is 5.75. The highest BCUT2D eigenvalue weighted by molar-refractivity contribution is 6.07. The molecule has 0 atom stereocenters. The Morgan fingerprint density at radius 2 is 1.62 bits per heavy atom. The SMILES string of the molecule is CCC(C)(C)NC(=O)c1ccc(NC(=O)c2ccccc2N)cc1. The number of nitrogen functional groups attached to an aromatic ring is 1. The number of para-hydroxylation sites is 1. The molecule has 0 saturated heterocycles. The zero-order valence-electron chi connectivity index (χ0n) is 14.2. The minimum atomic E-state index is -0.280. The molecule has 4 N–H and O–H groups in total. The Bertz CT molecular complexity index is 737. The predicted molar refractivity (Wildman–Crippen MR) is 97.1 cm³/mol. The van der Waals surface area contributed by atoms with E-state index in [1.54, 1.807) is 48.5 Å². The van der Waals surface area contributed by atoms with Gasteiger partial charge in [-0.3, -0.25) is 9.59 Å². The van der Waals surface area contributed by atoms with Gasteiger partial charge in [0.25, 0.3) is 11.8 Å². The number of carbonyl (C=O) groups is 2. The van der Waals surface area contributed by atoms with Gasteiger partial charge in [-0.1, -0.05) is 19.1 Å². The lowest BCUT2D eigenvalue weighted by molar-refractivity contribution is 0.0911. The van der Waals surface area contributed by atoms with Crippen LogP contribution in [0.5, 0.6) is 0 Å². The Labute approximate surface area is 142 Å². The van der Waals surface area contributed by atoms with Crippen LogP contribution in [-0.4, -0.2) is 17.4 Å². The first-order valence-corrected chi connectivity index (χ1v) is 7.91. The molecule has 24 heavy (non-hydrogen) atoms.